The van der Waals surface area contributed by atoms with Crippen molar-refractivity contribution in [1.82, 2.24) is 19.9 Å². The zero-order valence-electron chi connectivity index (χ0n) is 19.2. The van der Waals surface area contributed by atoms with Crippen LogP contribution in [-0.4, -0.2) is 39.7 Å². The van der Waals surface area contributed by atoms with Crippen molar-refractivity contribution in [1.29, 1.82) is 0 Å². The predicted molar refractivity (Wildman–Crippen MR) is 135 cm³/mol. The molecular formula is C27H28N4O2S. The second-order valence-electron chi connectivity index (χ2n) is 8.65. The molecular weight excluding hydrogens is 444 g/mol. The van der Waals surface area contributed by atoms with Gasteiger partial charge in [0.25, 0.3) is 5.91 Å². The van der Waals surface area contributed by atoms with Crippen LogP contribution in [0, 0.1) is 6.92 Å². The molecule has 0 aliphatic carbocycles. The summed E-state index contributed by atoms with van der Waals surface area (Å²) in [6, 6.07) is 20.2. The average Bonchev–Trinajstić information content (AvgIpc) is 3.50. The summed E-state index contributed by atoms with van der Waals surface area (Å²) in [5, 5.41) is 3.92. The van der Waals surface area contributed by atoms with Crippen LogP contribution in [0.1, 0.15) is 39.9 Å². The maximum Gasteiger partial charge on any atom is 0.251 e. The smallest absolute Gasteiger partial charge is 0.251 e. The van der Waals surface area contributed by atoms with Crippen molar-refractivity contribution < 1.29 is 9.53 Å². The van der Waals surface area contributed by atoms with Crippen molar-refractivity contribution >= 4 is 28.8 Å². The highest BCUT2D eigenvalue weighted by Crippen LogP contribution is 2.27. The van der Waals surface area contributed by atoms with Crippen LogP contribution in [0.4, 0.5) is 0 Å². The molecule has 34 heavy (non-hydrogen) atoms. The minimum absolute atomic E-state index is 0.0637. The predicted octanol–water partition coefficient (Wildman–Crippen LogP) is 4.99. The number of amides is 1. The Morgan fingerprint density at radius 3 is 2.82 bits per heavy atom. The molecule has 1 aliphatic rings. The fraction of sp³-hybridized carbons (Fsp3) is 0.296. The molecule has 1 aliphatic heterocycles. The molecule has 1 fully saturated rings. The molecule has 1 N–H and O–H groups in total. The highest BCUT2D eigenvalue weighted by molar-refractivity contribution is 7.98. The lowest BCUT2D eigenvalue weighted by molar-refractivity contribution is 0.0858. The van der Waals surface area contributed by atoms with E-state index in [0.29, 0.717) is 18.7 Å². The Bertz CT molecular complexity index is 1280. The van der Waals surface area contributed by atoms with Gasteiger partial charge in [0.1, 0.15) is 5.52 Å². The quantitative estimate of drug-likeness (QED) is 0.366. The molecule has 1 amide bonds. The summed E-state index contributed by atoms with van der Waals surface area (Å²) in [6.45, 7) is 4.11. The minimum atomic E-state index is -0.0637. The van der Waals surface area contributed by atoms with Gasteiger partial charge < -0.3 is 10.1 Å². The van der Waals surface area contributed by atoms with Crippen molar-refractivity contribution in [2.45, 2.75) is 43.3 Å². The molecule has 0 saturated carbocycles. The summed E-state index contributed by atoms with van der Waals surface area (Å²) in [6.07, 6.45) is 4.02. The number of hydrogen-bond acceptors (Lipinski definition) is 5. The van der Waals surface area contributed by atoms with E-state index in [1.165, 1.54) is 11.1 Å². The van der Waals surface area contributed by atoms with Gasteiger partial charge in [-0.25, -0.2) is 9.97 Å². The van der Waals surface area contributed by atoms with Crippen LogP contribution >= 0.6 is 11.8 Å². The molecule has 174 valence electrons. The van der Waals surface area contributed by atoms with Gasteiger partial charge in [-0.05, 0) is 55.2 Å². The Balaban J connectivity index is 1.30. The van der Waals surface area contributed by atoms with Gasteiger partial charge in [-0.1, -0.05) is 53.7 Å². The van der Waals surface area contributed by atoms with Crippen molar-refractivity contribution in [3.05, 3.63) is 89.1 Å². The highest BCUT2D eigenvalue weighted by Gasteiger charge is 2.17. The number of rotatable bonds is 8. The number of benzene rings is 2. The molecule has 0 radical (unpaired) electrons. The first-order valence-electron chi connectivity index (χ1n) is 11.6. The Kier molecular flexibility index (Phi) is 6.92. The molecule has 3 heterocycles. The summed E-state index contributed by atoms with van der Waals surface area (Å²) in [5.41, 5.74) is 6.04. The van der Waals surface area contributed by atoms with Crippen LogP contribution in [0.25, 0.3) is 11.2 Å². The third-order valence-corrected chi connectivity index (χ3v) is 7.04. The van der Waals surface area contributed by atoms with E-state index in [1.54, 1.807) is 18.0 Å². The van der Waals surface area contributed by atoms with E-state index in [9.17, 15) is 4.79 Å². The van der Waals surface area contributed by atoms with Gasteiger partial charge in [-0.2, -0.15) is 0 Å². The zero-order chi connectivity index (χ0) is 23.3. The van der Waals surface area contributed by atoms with Crippen LogP contribution in [0.15, 0.2) is 72.0 Å². The molecule has 0 spiro atoms. The summed E-state index contributed by atoms with van der Waals surface area (Å²) in [5.74, 6) is 0.778. The van der Waals surface area contributed by atoms with Gasteiger partial charge in [0, 0.05) is 30.7 Å². The molecule has 5 rings (SSSR count). The number of imidazole rings is 1. The number of thioether (sulfide) groups is 1. The first-order valence-corrected chi connectivity index (χ1v) is 12.6. The molecule has 1 saturated heterocycles. The molecule has 2 aromatic carbocycles. The molecule has 7 heteroatoms. The van der Waals surface area contributed by atoms with E-state index < -0.39 is 0 Å². The Hall–Kier alpha value is -3.16. The van der Waals surface area contributed by atoms with Gasteiger partial charge in [-0.15, -0.1) is 0 Å². The lowest BCUT2D eigenvalue weighted by Crippen LogP contribution is -2.31. The number of aromatic nitrogens is 3. The standard InChI is InChI=1S/C27H28N4O2S/c1-19-5-2-6-21(15-19)18-34-27-30-24-8-3-13-28-25(24)31(27)17-20-9-11-22(12-10-20)26(32)29-16-23-7-4-14-33-23/h2-3,5-6,8-13,15,23H,4,7,14,16-18H2,1H3,(H,29,32)/t23-/m1/s1. The third kappa shape index (κ3) is 5.32. The number of pyridine rings is 1. The van der Waals surface area contributed by atoms with Gasteiger partial charge in [-0.3, -0.25) is 9.36 Å². The Morgan fingerprint density at radius 1 is 1.15 bits per heavy atom. The second-order valence-corrected chi connectivity index (χ2v) is 9.59. The summed E-state index contributed by atoms with van der Waals surface area (Å²) in [4.78, 5) is 21.9. The van der Waals surface area contributed by atoms with Crippen LogP contribution in [0.5, 0.6) is 0 Å². The fourth-order valence-corrected chi connectivity index (χ4v) is 5.14. The summed E-state index contributed by atoms with van der Waals surface area (Å²) in [7, 11) is 0. The highest BCUT2D eigenvalue weighted by atomic mass is 32.2. The average molecular weight is 473 g/mol. The fourth-order valence-electron chi connectivity index (χ4n) is 4.20. The van der Waals surface area contributed by atoms with Gasteiger partial charge in [0.2, 0.25) is 0 Å². The van der Waals surface area contributed by atoms with Crippen molar-refractivity contribution in [2.24, 2.45) is 0 Å². The molecule has 4 aromatic rings. The lowest BCUT2D eigenvalue weighted by atomic mass is 10.1. The Morgan fingerprint density at radius 2 is 2.03 bits per heavy atom. The number of hydrogen-bond donors (Lipinski definition) is 1. The van der Waals surface area contributed by atoms with Gasteiger partial charge in [0.15, 0.2) is 10.8 Å². The first-order chi connectivity index (χ1) is 16.7. The monoisotopic (exact) mass is 472 g/mol. The maximum atomic E-state index is 12.5. The number of carbonyl (C=O) groups is 1. The molecule has 0 unspecified atom stereocenters. The molecule has 1 atom stereocenters. The molecule has 2 aromatic heterocycles. The van der Waals surface area contributed by atoms with E-state index in [2.05, 4.69) is 46.1 Å². The minimum Gasteiger partial charge on any atom is -0.376 e. The third-order valence-electron chi connectivity index (χ3n) is 5.99. The number of ether oxygens (including phenoxy) is 1. The molecule has 0 bridgehead atoms. The van der Waals surface area contributed by atoms with E-state index in [-0.39, 0.29) is 12.0 Å². The zero-order valence-corrected chi connectivity index (χ0v) is 20.1. The van der Waals surface area contributed by atoms with Crippen LogP contribution in [-0.2, 0) is 17.0 Å². The van der Waals surface area contributed by atoms with E-state index in [4.69, 9.17) is 9.72 Å². The number of carbonyl (C=O) groups excluding carboxylic acids is 1. The normalized spacial score (nSPS) is 15.6. The number of nitrogens with one attached hydrogen (secondary N) is 1. The maximum absolute atomic E-state index is 12.5. The second kappa shape index (κ2) is 10.4. The largest absolute Gasteiger partial charge is 0.376 e. The number of aryl methyl sites for hydroxylation is 1. The van der Waals surface area contributed by atoms with Crippen molar-refractivity contribution in [3.63, 3.8) is 0 Å². The van der Waals surface area contributed by atoms with Gasteiger partial charge >= 0.3 is 0 Å². The van der Waals surface area contributed by atoms with Gasteiger partial charge in [0.05, 0.1) is 12.6 Å². The lowest BCUT2D eigenvalue weighted by Gasteiger charge is -2.12. The molecule has 6 nitrogen and oxygen atoms in total. The Labute approximate surface area is 203 Å². The number of nitrogens with zero attached hydrogens (tertiary/aromatic N) is 3. The van der Waals surface area contributed by atoms with Crippen LogP contribution in [0.2, 0.25) is 0 Å². The topological polar surface area (TPSA) is 69.0 Å². The van der Waals surface area contributed by atoms with Crippen molar-refractivity contribution in [3.8, 4) is 0 Å². The van der Waals surface area contributed by atoms with Crippen LogP contribution < -0.4 is 5.32 Å². The SMILES string of the molecule is Cc1cccc(CSc2nc3cccnc3n2Cc2ccc(C(=O)NC[C@H]3CCCO3)cc2)c1. The van der Waals surface area contributed by atoms with E-state index >= 15 is 0 Å². The number of fused-ring (bicyclic) bond motifs is 1. The first kappa shape index (κ1) is 22.6. The van der Waals surface area contributed by atoms with E-state index in [1.807, 2.05) is 36.4 Å². The van der Waals surface area contributed by atoms with Crippen LogP contribution in [0.3, 0.4) is 0 Å². The summed E-state index contributed by atoms with van der Waals surface area (Å²) < 4.78 is 7.74. The van der Waals surface area contributed by atoms with Crippen molar-refractivity contribution in [2.75, 3.05) is 13.2 Å². The summed E-state index contributed by atoms with van der Waals surface area (Å²) >= 11 is 1.72. The van der Waals surface area contributed by atoms with E-state index in [0.717, 1.165) is 47.1 Å².